The Kier molecular flexibility index (Phi) is 4.12. The maximum atomic E-state index is 12.6. The van der Waals surface area contributed by atoms with Crippen molar-refractivity contribution in [3.63, 3.8) is 0 Å². The molecule has 0 spiro atoms. The van der Waals surface area contributed by atoms with Crippen molar-refractivity contribution >= 4 is 11.6 Å². The quantitative estimate of drug-likeness (QED) is 0.888. The number of likely N-dealkylation sites (tertiary alicyclic amines) is 1. The van der Waals surface area contributed by atoms with E-state index in [1.807, 2.05) is 11.8 Å². The highest BCUT2D eigenvalue weighted by Gasteiger charge is 2.25. The van der Waals surface area contributed by atoms with Crippen LogP contribution in [0.25, 0.3) is 0 Å². The summed E-state index contributed by atoms with van der Waals surface area (Å²) in [7, 11) is 1.78. The highest BCUT2D eigenvalue weighted by atomic mass is 16.2. The first-order valence-electron chi connectivity index (χ1n) is 7.13. The fraction of sp³-hybridized carbons (Fsp3) is 0.714. The Morgan fingerprint density at radius 3 is 2.74 bits per heavy atom. The van der Waals surface area contributed by atoms with Crippen molar-refractivity contribution < 1.29 is 4.79 Å². The van der Waals surface area contributed by atoms with E-state index < -0.39 is 0 Å². The van der Waals surface area contributed by atoms with Crippen LogP contribution in [0.3, 0.4) is 0 Å². The molecule has 1 atom stereocenters. The van der Waals surface area contributed by atoms with Crippen LogP contribution in [0.2, 0.25) is 0 Å². The van der Waals surface area contributed by atoms with E-state index >= 15 is 0 Å². The molecule has 0 aliphatic carbocycles. The van der Waals surface area contributed by atoms with Crippen LogP contribution in [0.15, 0.2) is 0 Å². The van der Waals surface area contributed by atoms with E-state index in [1.165, 1.54) is 12.8 Å². The number of anilines is 1. The Bertz CT molecular complexity index is 466. The van der Waals surface area contributed by atoms with Crippen LogP contribution in [0, 0.1) is 12.8 Å². The molecule has 1 fully saturated rings. The Hall–Kier alpha value is -1.52. The van der Waals surface area contributed by atoms with Gasteiger partial charge in [-0.05, 0) is 32.1 Å². The summed E-state index contributed by atoms with van der Waals surface area (Å²) in [6.45, 7) is 5.73. The summed E-state index contributed by atoms with van der Waals surface area (Å²) >= 11 is 0. The van der Waals surface area contributed by atoms with Gasteiger partial charge in [-0.25, -0.2) is 0 Å². The lowest BCUT2D eigenvalue weighted by atomic mass is 9.98. The Balaban J connectivity index is 2.15. The summed E-state index contributed by atoms with van der Waals surface area (Å²) in [4.78, 5) is 14.5. The van der Waals surface area contributed by atoms with Gasteiger partial charge >= 0.3 is 0 Å². The number of aryl methyl sites for hydroxylation is 2. The third-order valence-corrected chi connectivity index (χ3v) is 4.18. The number of amides is 1. The minimum absolute atomic E-state index is 0.0253. The first kappa shape index (κ1) is 13.9. The number of hydrogen-bond donors (Lipinski definition) is 1. The summed E-state index contributed by atoms with van der Waals surface area (Å²) in [5, 5.41) is 4.23. The molecule has 1 amide bonds. The van der Waals surface area contributed by atoms with Gasteiger partial charge in [0, 0.05) is 20.1 Å². The minimum atomic E-state index is 0.0253. The molecule has 106 valence electrons. The molecule has 5 nitrogen and oxygen atoms in total. The van der Waals surface area contributed by atoms with Gasteiger partial charge in [0.1, 0.15) is 5.69 Å². The van der Waals surface area contributed by atoms with Crippen molar-refractivity contribution in [3.05, 3.63) is 11.4 Å². The van der Waals surface area contributed by atoms with Gasteiger partial charge in [-0.15, -0.1) is 0 Å². The molecule has 19 heavy (non-hydrogen) atoms. The molecule has 0 radical (unpaired) electrons. The van der Waals surface area contributed by atoms with Crippen molar-refractivity contribution in [1.82, 2.24) is 14.7 Å². The highest BCUT2D eigenvalue weighted by molar-refractivity contribution is 5.98. The predicted molar refractivity (Wildman–Crippen MR) is 75.9 cm³/mol. The molecule has 0 aromatic carbocycles. The SMILES string of the molecule is CCC1CCCN(C(=O)c2c(N)c(C)nn2C)CC1. The lowest BCUT2D eigenvalue weighted by Gasteiger charge is -2.20. The summed E-state index contributed by atoms with van der Waals surface area (Å²) < 4.78 is 1.61. The third-order valence-electron chi connectivity index (χ3n) is 4.18. The van der Waals surface area contributed by atoms with Gasteiger partial charge in [0.05, 0.1) is 11.4 Å². The van der Waals surface area contributed by atoms with Crippen molar-refractivity contribution in [1.29, 1.82) is 0 Å². The lowest BCUT2D eigenvalue weighted by Crippen LogP contribution is -2.33. The molecule has 1 aromatic heterocycles. The van der Waals surface area contributed by atoms with Gasteiger partial charge in [0.25, 0.3) is 5.91 Å². The zero-order chi connectivity index (χ0) is 14.0. The summed E-state index contributed by atoms with van der Waals surface area (Å²) in [5.41, 5.74) is 7.75. The smallest absolute Gasteiger partial charge is 0.274 e. The minimum Gasteiger partial charge on any atom is -0.395 e. The Morgan fingerprint density at radius 1 is 1.42 bits per heavy atom. The van der Waals surface area contributed by atoms with E-state index in [1.54, 1.807) is 11.7 Å². The summed E-state index contributed by atoms with van der Waals surface area (Å²) in [6.07, 6.45) is 4.61. The van der Waals surface area contributed by atoms with E-state index in [9.17, 15) is 4.79 Å². The summed E-state index contributed by atoms with van der Waals surface area (Å²) in [5.74, 6) is 0.778. The van der Waals surface area contributed by atoms with Gasteiger partial charge in [-0.3, -0.25) is 9.48 Å². The van der Waals surface area contributed by atoms with E-state index in [2.05, 4.69) is 12.0 Å². The number of hydrogen-bond acceptors (Lipinski definition) is 3. The van der Waals surface area contributed by atoms with Gasteiger partial charge in [0.15, 0.2) is 0 Å². The number of aromatic nitrogens is 2. The Labute approximate surface area is 114 Å². The second kappa shape index (κ2) is 5.63. The fourth-order valence-electron chi connectivity index (χ4n) is 2.85. The molecule has 0 saturated carbocycles. The molecule has 1 aromatic rings. The van der Waals surface area contributed by atoms with Crippen LogP contribution in [-0.4, -0.2) is 33.7 Å². The normalized spacial score (nSPS) is 20.4. The van der Waals surface area contributed by atoms with E-state index in [4.69, 9.17) is 5.73 Å². The average Bonchev–Trinajstić information content (AvgIpc) is 2.60. The van der Waals surface area contributed by atoms with Crippen molar-refractivity contribution in [2.24, 2.45) is 13.0 Å². The average molecular weight is 264 g/mol. The number of carbonyl (C=O) groups is 1. The second-order valence-electron chi connectivity index (χ2n) is 5.47. The molecule has 2 rings (SSSR count). The van der Waals surface area contributed by atoms with E-state index in [0.29, 0.717) is 11.4 Å². The second-order valence-corrected chi connectivity index (χ2v) is 5.47. The molecule has 0 bridgehead atoms. The number of nitrogen functional groups attached to an aromatic ring is 1. The largest absolute Gasteiger partial charge is 0.395 e. The van der Waals surface area contributed by atoms with E-state index in [-0.39, 0.29) is 5.91 Å². The molecule has 5 heteroatoms. The van der Waals surface area contributed by atoms with Crippen LogP contribution >= 0.6 is 0 Å². The highest BCUT2D eigenvalue weighted by Crippen LogP contribution is 2.23. The van der Waals surface area contributed by atoms with Crippen molar-refractivity contribution in [2.75, 3.05) is 18.8 Å². The molecule has 1 aliphatic heterocycles. The maximum absolute atomic E-state index is 12.6. The third kappa shape index (κ3) is 2.74. The molecule has 1 unspecified atom stereocenters. The number of nitrogens with zero attached hydrogens (tertiary/aromatic N) is 3. The van der Waals surface area contributed by atoms with Crippen LogP contribution < -0.4 is 5.73 Å². The standard InChI is InChI=1S/C14H24N4O/c1-4-11-6-5-8-18(9-7-11)14(19)13-12(15)10(2)16-17(13)3/h11H,4-9,15H2,1-3H3. The van der Waals surface area contributed by atoms with Gasteiger partial charge in [-0.2, -0.15) is 5.10 Å². The zero-order valence-corrected chi connectivity index (χ0v) is 12.1. The van der Waals surface area contributed by atoms with Crippen molar-refractivity contribution in [3.8, 4) is 0 Å². The molecular formula is C14H24N4O. The topological polar surface area (TPSA) is 64.2 Å². The lowest BCUT2D eigenvalue weighted by molar-refractivity contribution is 0.0750. The van der Waals surface area contributed by atoms with E-state index in [0.717, 1.165) is 37.5 Å². The van der Waals surface area contributed by atoms with Gasteiger partial charge < -0.3 is 10.6 Å². The first-order valence-corrected chi connectivity index (χ1v) is 7.13. The monoisotopic (exact) mass is 264 g/mol. The molecule has 1 saturated heterocycles. The molecule has 2 heterocycles. The van der Waals surface area contributed by atoms with Crippen LogP contribution in [0.1, 0.15) is 48.8 Å². The van der Waals surface area contributed by atoms with Gasteiger partial charge in [-0.1, -0.05) is 13.3 Å². The fourth-order valence-corrected chi connectivity index (χ4v) is 2.85. The van der Waals surface area contributed by atoms with Crippen LogP contribution in [0.4, 0.5) is 5.69 Å². The number of rotatable bonds is 2. The first-order chi connectivity index (χ1) is 9.04. The molecular weight excluding hydrogens is 240 g/mol. The van der Waals surface area contributed by atoms with Crippen LogP contribution in [-0.2, 0) is 7.05 Å². The zero-order valence-electron chi connectivity index (χ0n) is 12.1. The molecule has 2 N–H and O–H groups in total. The van der Waals surface area contributed by atoms with Gasteiger partial charge in [0.2, 0.25) is 0 Å². The Morgan fingerprint density at radius 2 is 2.16 bits per heavy atom. The summed E-state index contributed by atoms with van der Waals surface area (Å²) in [6, 6.07) is 0. The number of carbonyl (C=O) groups excluding carboxylic acids is 1. The maximum Gasteiger partial charge on any atom is 0.274 e. The van der Waals surface area contributed by atoms with Crippen molar-refractivity contribution in [2.45, 2.75) is 39.5 Å². The number of nitrogens with two attached hydrogens (primary N) is 1. The predicted octanol–water partition coefficient (Wildman–Crippen LogP) is 1.96. The van der Waals surface area contributed by atoms with Crippen LogP contribution in [0.5, 0.6) is 0 Å². The molecule has 1 aliphatic rings.